The van der Waals surface area contributed by atoms with Crippen molar-refractivity contribution in [1.29, 1.82) is 0 Å². The summed E-state index contributed by atoms with van der Waals surface area (Å²) in [7, 11) is 3.02. The van der Waals surface area contributed by atoms with E-state index in [0.29, 0.717) is 22.8 Å². The van der Waals surface area contributed by atoms with Crippen molar-refractivity contribution < 1.29 is 23.8 Å². The van der Waals surface area contributed by atoms with E-state index < -0.39 is 24.0 Å². The summed E-state index contributed by atoms with van der Waals surface area (Å²) >= 11 is 0. The normalized spacial score (nSPS) is 19.8. The molecular weight excluding hydrogens is 312 g/mol. The minimum atomic E-state index is -0.761. The topological polar surface area (TPSA) is 86.2 Å². The van der Waals surface area contributed by atoms with Gasteiger partial charge in [-0.05, 0) is 13.0 Å². The van der Waals surface area contributed by atoms with E-state index in [9.17, 15) is 9.59 Å². The van der Waals surface area contributed by atoms with Crippen molar-refractivity contribution in [3.63, 3.8) is 0 Å². The monoisotopic (exact) mass is 332 g/mol. The van der Waals surface area contributed by atoms with Crippen molar-refractivity contribution in [3.8, 4) is 11.5 Å². The van der Waals surface area contributed by atoms with Gasteiger partial charge in [0.05, 0.1) is 20.3 Å². The number of urea groups is 1. The second-order valence-corrected chi connectivity index (χ2v) is 5.16. The fourth-order valence-electron chi connectivity index (χ4n) is 2.67. The van der Waals surface area contributed by atoms with Gasteiger partial charge in [0, 0.05) is 11.3 Å². The second kappa shape index (κ2) is 7.63. The Kier molecular flexibility index (Phi) is 5.57. The molecular formula is C17H20N2O5. The Morgan fingerprint density at radius 2 is 2.12 bits per heavy atom. The number of hydrogen-bond acceptors (Lipinski definition) is 5. The molecule has 0 saturated heterocycles. The van der Waals surface area contributed by atoms with Crippen LogP contribution in [0, 0.1) is 5.92 Å². The maximum atomic E-state index is 12.4. The Morgan fingerprint density at radius 3 is 2.75 bits per heavy atom. The number of amides is 2. The van der Waals surface area contributed by atoms with Crippen LogP contribution in [0.25, 0.3) is 0 Å². The van der Waals surface area contributed by atoms with E-state index in [4.69, 9.17) is 14.2 Å². The summed E-state index contributed by atoms with van der Waals surface area (Å²) in [4.78, 5) is 28.1. The Hall–Kier alpha value is -2.83. The van der Waals surface area contributed by atoms with Gasteiger partial charge in [0.15, 0.2) is 11.5 Å². The smallest absolute Gasteiger partial charge is 0.341 e. The number of methoxy groups -OCH3 is 2. The molecule has 0 fully saturated rings. The molecule has 1 aliphatic heterocycles. The van der Waals surface area contributed by atoms with Crippen molar-refractivity contribution in [2.24, 2.45) is 10.9 Å². The van der Waals surface area contributed by atoms with Crippen molar-refractivity contribution in [3.05, 3.63) is 36.4 Å². The first-order valence-electron chi connectivity index (χ1n) is 7.37. The second-order valence-electron chi connectivity index (χ2n) is 5.16. The first-order valence-corrected chi connectivity index (χ1v) is 7.37. The van der Waals surface area contributed by atoms with E-state index in [2.05, 4.69) is 16.9 Å². The molecule has 128 valence electrons. The molecule has 1 heterocycles. The third-order valence-electron chi connectivity index (χ3n) is 3.71. The Morgan fingerprint density at radius 1 is 1.38 bits per heavy atom. The number of esters is 1. The Bertz CT molecular complexity index is 684. The molecule has 0 saturated carbocycles. The highest BCUT2D eigenvalue weighted by Crippen LogP contribution is 2.39. The van der Waals surface area contributed by atoms with Crippen molar-refractivity contribution >= 4 is 17.7 Å². The molecule has 0 aliphatic carbocycles. The Balaban J connectivity index is 2.49. The lowest BCUT2D eigenvalue weighted by Gasteiger charge is -2.30. The lowest BCUT2D eigenvalue weighted by molar-refractivity contribution is -0.145. The molecule has 24 heavy (non-hydrogen) atoms. The predicted molar refractivity (Wildman–Crippen MR) is 88.6 cm³/mol. The fourth-order valence-corrected chi connectivity index (χ4v) is 2.67. The zero-order valence-corrected chi connectivity index (χ0v) is 13.9. The van der Waals surface area contributed by atoms with Crippen LogP contribution in [0.1, 0.15) is 18.5 Å². The maximum absolute atomic E-state index is 12.4. The van der Waals surface area contributed by atoms with Crippen LogP contribution in [0.4, 0.5) is 4.79 Å². The highest BCUT2D eigenvalue weighted by Gasteiger charge is 2.39. The fraction of sp³-hybridized carbons (Fsp3) is 0.353. The SMILES string of the molecule is C=CCOC(=O)C1C(C)=NC(=O)NC1c1cccc(OC)c1OC. The number of rotatable bonds is 6. The summed E-state index contributed by atoms with van der Waals surface area (Å²) < 4.78 is 15.9. The van der Waals surface area contributed by atoms with Gasteiger partial charge in [0.1, 0.15) is 12.5 Å². The number of nitrogens with one attached hydrogen (secondary N) is 1. The molecule has 0 spiro atoms. The third kappa shape index (κ3) is 3.40. The summed E-state index contributed by atoms with van der Waals surface area (Å²) in [5.41, 5.74) is 0.989. The van der Waals surface area contributed by atoms with Gasteiger partial charge in [0.25, 0.3) is 0 Å². The maximum Gasteiger partial charge on any atom is 0.341 e. The van der Waals surface area contributed by atoms with Crippen LogP contribution in [0.2, 0.25) is 0 Å². The molecule has 0 radical (unpaired) electrons. The van der Waals surface area contributed by atoms with E-state index in [0.717, 1.165) is 0 Å². The number of ether oxygens (including phenoxy) is 3. The van der Waals surface area contributed by atoms with Crippen molar-refractivity contribution in [2.75, 3.05) is 20.8 Å². The summed E-state index contributed by atoms with van der Waals surface area (Å²) in [6.07, 6.45) is 1.48. The van der Waals surface area contributed by atoms with E-state index >= 15 is 0 Å². The highest BCUT2D eigenvalue weighted by molar-refractivity contribution is 6.08. The molecule has 0 aromatic heterocycles. The van der Waals surface area contributed by atoms with Gasteiger partial charge < -0.3 is 19.5 Å². The van der Waals surface area contributed by atoms with E-state index in [1.807, 2.05) is 0 Å². The minimum Gasteiger partial charge on any atom is -0.493 e. The van der Waals surface area contributed by atoms with Crippen LogP contribution in [0.5, 0.6) is 11.5 Å². The van der Waals surface area contributed by atoms with E-state index in [1.165, 1.54) is 20.3 Å². The van der Waals surface area contributed by atoms with Gasteiger partial charge >= 0.3 is 12.0 Å². The van der Waals surface area contributed by atoms with Gasteiger partial charge in [-0.15, -0.1) is 0 Å². The molecule has 7 nitrogen and oxygen atoms in total. The largest absolute Gasteiger partial charge is 0.493 e. The molecule has 2 unspecified atom stereocenters. The molecule has 2 rings (SSSR count). The number of carbonyl (C=O) groups excluding carboxylic acids is 2. The molecule has 1 aromatic carbocycles. The molecule has 2 amide bonds. The van der Waals surface area contributed by atoms with Crippen LogP contribution in [-0.4, -0.2) is 38.5 Å². The number of nitrogens with zero attached hydrogens (tertiary/aromatic N) is 1. The first kappa shape index (κ1) is 17.5. The van der Waals surface area contributed by atoms with E-state index in [1.54, 1.807) is 25.1 Å². The zero-order valence-electron chi connectivity index (χ0n) is 13.9. The summed E-state index contributed by atoms with van der Waals surface area (Å²) in [6.45, 7) is 5.23. The van der Waals surface area contributed by atoms with Crippen LogP contribution >= 0.6 is 0 Å². The van der Waals surface area contributed by atoms with E-state index in [-0.39, 0.29) is 6.61 Å². The summed E-state index contributed by atoms with van der Waals surface area (Å²) in [6, 6.07) is 4.07. The average molecular weight is 332 g/mol. The van der Waals surface area contributed by atoms with Crippen LogP contribution < -0.4 is 14.8 Å². The minimum absolute atomic E-state index is 0.0819. The zero-order chi connectivity index (χ0) is 17.7. The van der Waals surface area contributed by atoms with Gasteiger partial charge in [-0.1, -0.05) is 24.8 Å². The number of carbonyl (C=O) groups is 2. The molecule has 7 heteroatoms. The van der Waals surface area contributed by atoms with Crippen LogP contribution in [-0.2, 0) is 9.53 Å². The average Bonchev–Trinajstić information content (AvgIpc) is 2.58. The number of para-hydroxylation sites is 1. The third-order valence-corrected chi connectivity index (χ3v) is 3.71. The van der Waals surface area contributed by atoms with Gasteiger partial charge in [-0.3, -0.25) is 4.79 Å². The summed E-state index contributed by atoms with van der Waals surface area (Å²) in [5, 5.41) is 2.71. The van der Waals surface area contributed by atoms with Crippen molar-refractivity contribution in [1.82, 2.24) is 5.32 Å². The molecule has 0 bridgehead atoms. The van der Waals surface area contributed by atoms with Crippen molar-refractivity contribution in [2.45, 2.75) is 13.0 Å². The van der Waals surface area contributed by atoms with Gasteiger partial charge in [0.2, 0.25) is 0 Å². The highest BCUT2D eigenvalue weighted by atomic mass is 16.5. The van der Waals surface area contributed by atoms with Gasteiger partial charge in [-0.2, -0.15) is 0 Å². The number of hydrogen-bond donors (Lipinski definition) is 1. The van der Waals surface area contributed by atoms with Gasteiger partial charge in [-0.25, -0.2) is 9.79 Å². The van der Waals surface area contributed by atoms with Crippen LogP contribution in [0.3, 0.4) is 0 Å². The standard InChI is InChI=1S/C17H20N2O5/c1-5-9-24-16(20)13-10(2)18-17(21)19-14(13)11-7-6-8-12(22-3)15(11)23-4/h5-8,13-14H,1,9H2,2-4H3,(H,19,21). The first-order chi connectivity index (χ1) is 11.5. The molecule has 1 aromatic rings. The molecule has 1 aliphatic rings. The van der Waals surface area contributed by atoms with Crippen LogP contribution in [0.15, 0.2) is 35.8 Å². The summed E-state index contributed by atoms with van der Waals surface area (Å²) in [5.74, 6) is -0.307. The quantitative estimate of drug-likeness (QED) is 0.638. The lowest BCUT2D eigenvalue weighted by atomic mass is 9.87. The number of benzene rings is 1. The molecule has 1 N–H and O–H groups in total. The Labute approximate surface area is 140 Å². The number of aliphatic imine (C=N–C) groups is 1. The predicted octanol–water partition coefficient (Wildman–Crippen LogP) is 2.27. The lowest BCUT2D eigenvalue weighted by Crippen LogP contribution is -2.44. The molecule has 2 atom stereocenters.